The Hall–Kier alpha value is -3.15. The highest BCUT2D eigenvalue weighted by Crippen LogP contribution is 2.32. The molecule has 0 aliphatic carbocycles. The van der Waals surface area contributed by atoms with Crippen molar-refractivity contribution in [3.8, 4) is 0 Å². The third kappa shape index (κ3) is 2.66. The zero-order chi connectivity index (χ0) is 16.3. The van der Waals surface area contributed by atoms with E-state index in [1.807, 2.05) is 60.7 Å². The van der Waals surface area contributed by atoms with E-state index in [-0.39, 0.29) is 11.9 Å². The summed E-state index contributed by atoms with van der Waals surface area (Å²) < 4.78 is 0. The van der Waals surface area contributed by atoms with Crippen molar-refractivity contribution in [2.75, 3.05) is 6.54 Å². The lowest BCUT2D eigenvalue weighted by molar-refractivity contribution is -0.135. The van der Waals surface area contributed by atoms with E-state index in [4.69, 9.17) is 5.11 Å². The van der Waals surface area contributed by atoms with Gasteiger partial charge in [0.05, 0.1) is 0 Å². The minimum absolute atomic E-state index is 0.158. The van der Waals surface area contributed by atoms with E-state index in [2.05, 4.69) is 15.6 Å². The minimum Gasteiger partial charge on any atom is -0.480 e. The normalized spacial score (nSPS) is 17.6. The average Bonchev–Trinajstić information content (AvgIpc) is 2.92. The molecular weight excluding hydrogens is 294 g/mol. The van der Waals surface area contributed by atoms with Crippen LogP contribution in [0.2, 0.25) is 0 Å². The lowest BCUT2D eigenvalue weighted by Crippen LogP contribution is -2.45. The third-order valence-corrected chi connectivity index (χ3v) is 3.66. The van der Waals surface area contributed by atoms with Crippen LogP contribution in [0, 0.1) is 0 Å². The fourth-order valence-electron chi connectivity index (χ4n) is 2.64. The van der Waals surface area contributed by atoms with Crippen molar-refractivity contribution in [1.29, 1.82) is 0 Å². The summed E-state index contributed by atoms with van der Waals surface area (Å²) in [5.41, 5.74) is 0.383. The number of guanidine groups is 1. The van der Waals surface area contributed by atoms with Crippen molar-refractivity contribution in [3.05, 3.63) is 71.8 Å². The zero-order valence-electron chi connectivity index (χ0n) is 12.2. The van der Waals surface area contributed by atoms with Gasteiger partial charge in [-0.1, -0.05) is 60.7 Å². The second-order valence-electron chi connectivity index (χ2n) is 5.12. The van der Waals surface area contributed by atoms with Gasteiger partial charge in [-0.2, -0.15) is 0 Å². The maximum absolute atomic E-state index is 12.8. The molecule has 1 amide bonds. The maximum atomic E-state index is 12.8. The van der Waals surface area contributed by atoms with Gasteiger partial charge < -0.3 is 10.4 Å². The predicted molar refractivity (Wildman–Crippen MR) is 84.9 cm³/mol. The average molecular weight is 309 g/mol. The Balaban J connectivity index is 2.09. The van der Waals surface area contributed by atoms with Gasteiger partial charge in [0, 0.05) is 0 Å². The molecule has 0 bridgehead atoms. The van der Waals surface area contributed by atoms with Gasteiger partial charge >= 0.3 is 5.97 Å². The molecule has 3 rings (SSSR count). The number of nitrogens with zero attached hydrogens (tertiary/aromatic N) is 1. The summed E-state index contributed by atoms with van der Waals surface area (Å²) in [4.78, 5) is 27.3. The van der Waals surface area contributed by atoms with Crippen LogP contribution in [0.25, 0.3) is 0 Å². The summed E-state index contributed by atoms with van der Waals surface area (Å²) in [5, 5.41) is 14.5. The van der Waals surface area contributed by atoms with Crippen LogP contribution in [0.15, 0.2) is 65.7 Å². The lowest BCUT2D eigenvalue weighted by Gasteiger charge is -2.27. The monoisotopic (exact) mass is 309 g/mol. The van der Waals surface area contributed by atoms with Crippen molar-refractivity contribution in [2.24, 2.45) is 4.99 Å². The van der Waals surface area contributed by atoms with E-state index in [9.17, 15) is 9.59 Å². The summed E-state index contributed by atoms with van der Waals surface area (Å²) >= 11 is 0. The van der Waals surface area contributed by atoms with E-state index >= 15 is 0 Å². The standard InChI is InChI=1S/C17H15N3O3/c21-14(22)11-18-16-19-15(23)17(20-16,12-7-3-1-4-8-12)13-9-5-2-6-10-13/h1-10H,11H2,(H,21,22)(H2,18,19,20,23). The summed E-state index contributed by atoms with van der Waals surface area (Å²) in [5.74, 6) is -1.20. The highest BCUT2D eigenvalue weighted by atomic mass is 16.4. The number of carboxylic acid groups (broad SMARTS) is 1. The predicted octanol–water partition coefficient (Wildman–Crippen LogP) is 1.09. The molecule has 1 heterocycles. The summed E-state index contributed by atoms with van der Waals surface area (Å²) in [7, 11) is 0. The van der Waals surface area contributed by atoms with Gasteiger partial charge in [0.1, 0.15) is 6.54 Å². The third-order valence-electron chi connectivity index (χ3n) is 3.66. The molecule has 116 valence electrons. The van der Waals surface area contributed by atoms with Crippen molar-refractivity contribution in [2.45, 2.75) is 5.54 Å². The number of amides is 1. The van der Waals surface area contributed by atoms with Gasteiger partial charge in [-0.3, -0.25) is 14.9 Å². The molecule has 2 aromatic rings. The molecule has 1 aliphatic heterocycles. The molecule has 23 heavy (non-hydrogen) atoms. The van der Waals surface area contributed by atoms with Crippen molar-refractivity contribution < 1.29 is 14.7 Å². The number of rotatable bonds is 4. The maximum Gasteiger partial charge on any atom is 0.325 e. The summed E-state index contributed by atoms with van der Waals surface area (Å²) in [6, 6.07) is 18.5. The van der Waals surface area contributed by atoms with Gasteiger partial charge in [0.2, 0.25) is 0 Å². The quantitative estimate of drug-likeness (QED) is 0.788. The highest BCUT2D eigenvalue weighted by Gasteiger charge is 2.48. The van der Waals surface area contributed by atoms with Gasteiger partial charge in [-0.15, -0.1) is 0 Å². The lowest BCUT2D eigenvalue weighted by atomic mass is 9.83. The van der Waals surface area contributed by atoms with Crippen LogP contribution in [0.1, 0.15) is 11.1 Å². The van der Waals surface area contributed by atoms with Crippen LogP contribution in [-0.2, 0) is 15.1 Å². The van der Waals surface area contributed by atoms with Gasteiger partial charge in [-0.05, 0) is 11.1 Å². The first-order chi connectivity index (χ1) is 11.1. The number of benzene rings is 2. The molecule has 0 unspecified atom stereocenters. The number of carboxylic acids is 1. The van der Waals surface area contributed by atoms with Gasteiger partial charge in [0.25, 0.3) is 5.91 Å². The number of carbonyl (C=O) groups excluding carboxylic acids is 1. The Morgan fingerprint density at radius 3 is 2.00 bits per heavy atom. The molecule has 1 saturated heterocycles. The molecule has 0 radical (unpaired) electrons. The fourth-order valence-corrected chi connectivity index (χ4v) is 2.64. The Labute approximate surface area is 132 Å². The number of aliphatic carboxylic acids is 1. The highest BCUT2D eigenvalue weighted by molar-refractivity contribution is 6.11. The topological polar surface area (TPSA) is 90.8 Å². The fraction of sp³-hybridized carbons (Fsp3) is 0.118. The molecule has 1 aliphatic rings. The first-order valence-electron chi connectivity index (χ1n) is 7.10. The molecule has 6 heteroatoms. The van der Waals surface area contributed by atoms with Crippen LogP contribution in [0.3, 0.4) is 0 Å². The minimum atomic E-state index is -1.13. The Morgan fingerprint density at radius 2 is 1.52 bits per heavy atom. The second kappa shape index (κ2) is 5.92. The molecule has 0 spiro atoms. The van der Waals surface area contributed by atoms with E-state index < -0.39 is 18.1 Å². The zero-order valence-corrected chi connectivity index (χ0v) is 12.2. The van der Waals surface area contributed by atoms with E-state index in [0.29, 0.717) is 0 Å². The molecule has 0 aromatic heterocycles. The van der Waals surface area contributed by atoms with Crippen molar-refractivity contribution in [3.63, 3.8) is 0 Å². The first-order valence-corrected chi connectivity index (χ1v) is 7.10. The number of nitrogens with one attached hydrogen (secondary N) is 2. The summed E-state index contributed by atoms with van der Waals surface area (Å²) in [6.07, 6.45) is 0. The largest absolute Gasteiger partial charge is 0.480 e. The van der Waals surface area contributed by atoms with Crippen molar-refractivity contribution >= 4 is 17.8 Å². The number of carbonyl (C=O) groups is 2. The van der Waals surface area contributed by atoms with E-state index in [1.165, 1.54) is 0 Å². The first kappa shape index (κ1) is 14.8. The molecule has 0 atom stereocenters. The van der Waals surface area contributed by atoms with Crippen LogP contribution >= 0.6 is 0 Å². The molecule has 1 fully saturated rings. The van der Waals surface area contributed by atoms with Crippen LogP contribution in [0.4, 0.5) is 0 Å². The Bertz CT molecular complexity index is 718. The number of aliphatic imine (C=N–C) groups is 1. The molecule has 6 nitrogen and oxygen atoms in total. The molecular formula is C17H15N3O3. The van der Waals surface area contributed by atoms with Crippen LogP contribution in [-0.4, -0.2) is 29.5 Å². The second-order valence-corrected chi connectivity index (χ2v) is 5.12. The number of hydrogen-bond acceptors (Lipinski definition) is 3. The number of hydrogen-bond donors (Lipinski definition) is 3. The smallest absolute Gasteiger partial charge is 0.325 e. The molecule has 0 saturated carbocycles. The Kier molecular flexibility index (Phi) is 3.80. The molecule has 3 N–H and O–H groups in total. The van der Waals surface area contributed by atoms with Crippen molar-refractivity contribution in [1.82, 2.24) is 10.6 Å². The van der Waals surface area contributed by atoms with Crippen LogP contribution in [0.5, 0.6) is 0 Å². The Morgan fingerprint density at radius 1 is 1.00 bits per heavy atom. The summed E-state index contributed by atoms with van der Waals surface area (Å²) in [6.45, 7) is -0.414. The van der Waals surface area contributed by atoms with Crippen LogP contribution < -0.4 is 10.6 Å². The van der Waals surface area contributed by atoms with Gasteiger partial charge in [-0.25, -0.2) is 4.99 Å². The van der Waals surface area contributed by atoms with E-state index in [0.717, 1.165) is 11.1 Å². The van der Waals surface area contributed by atoms with Gasteiger partial charge in [0.15, 0.2) is 11.5 Å². The van der Waals surface area contributed by atoms with E-state index in [1.54, 1.807) is 0 Å². The molecule has 2 aromatic carbocycles. The SMILES string of the molecule is O=C(O)CN=C1NC(=O)C(c2ccccc2)(c2ccccc2)N1.